The van der Waals surface area contributed by atoms with E-state index in [9.17, 15) is 0 Å². The van der Waals surface area contributed by atoms with Gasteiger partial charge in [0.1, 0.15) is 0 Å². The van der Waals surface area contributed by atoms with Crippen LogP contribution in [-0.4, -0.2) is 16.6 Å². The Labute approximate surface area is 152 Å². The van der Waals surface area contributed by atoms with Crippen molar-refractivity contribution < 1.29 is 26.2 Å². The molecule has 0 fully saturated rings. The van der Waals surface area contributed by atoms with E-state index in [4.69, 9.17) is 17.2 Å². The van der Waals surface area contributed by atoms with Gasteiger partial charge in [-0.15, -0.1) is 16.6 Å². The van der Waals surface area contributed by atoms with Gasteiger partial charge in [-0.3, -0.25) is 0 Å². The number of nitrogens with one attached hydrogen (secondary N) is 3. The number of hydrogen-bond donors (Lipinski definition) is 0. The maximum atomic E-state index is 6.94. The summed E-state index contributed by atoms with van der Waals surface area (Å²) in [4.78, 5) is 0. The molecule has 0 spiro atoms. The van der Waals surface area contributed by atoms with Crippen LogP contribution >= 0.6 is 0 Å². The van der Waals surface area contributed by atoms with Gasteiger partial charge in [-0.2, -0.15) is 18.2 Å². The molecule has 0 aromatic heterocycles. The van der Waals surface area contributed by atoms with Crippen LogP contribution in [0.25, 0.3) is 17.2 Å². The Hall–Kier alpha value is 0.113. The Kier molecular flexibility index (Phi) is 19.1. The summed E-state index contributed by atoms with van der Waals surface area (Å²) in [5, 5.41) is 0. The molecule has 122 valence electrons. The summed E-state index contributed by atoms with van der Waals surface area (Å²) in [7, 11) is 0. The van der Waals surface area contributed by atoms with E-state index >= 15 is 0 Å². The first-order valence-electron chi connectivity index (χ1n) is 6.92. The number of hydrogen-bond acceptors (Lipinski definition) is 0. The van der Waals surface area contributed by atoms with Gasteiger partial charge in [-0.25, -0.2) is 12.1 Å². The van der Waals surface area contributed by atoms with Crippen molar-refractivity contribution in [1.82, 2.24) is 0 Å². The van der Waals surface area contributed by atoms with E-state index in [1.54, 1.807) is 0 Å². The van der Waals surface area contributed by atoms with Crippen molar-refractivity contribution in [1.29, 1.82) is 0 Å². The smallest absolute Gasteiger partial charge is 0.673 e. The summed E-state index contributed by atoms with van der Waals surface area (Å²) in [6, 6.07) is 10.0. The van der Waals surface area contributed by atoms with Gasteiger partial charge in [0.25, 0.3) is 0 Å². The van der Waals surface area contributed by atoms with Gasteiger partial charge in [-0.1, -0.05) is 62.3 Å². The van der Waals surface area contributed by atoms with E-state index < -0.39 is 0 Å². The van der Waals surface area contributed by atoms with E-state index in [1.807, 2.05) is 92.6 Å². The molecule has 0 unspecified atom stereocenters. The molecule has 0 aliphatic carbocycles. The van der Waals surface area contributed by atoms with Gasteiger partial charge in [0, 0.05) is 0 Å². The largest absolute Gasteiger partial charge is 4.00 e. The van der Waals surface area contributed by atoms with Gasteiger partial charge in [-0.05, 0) is 0 Å². The number of rotatable bonds is 0. The Morgan fingerprint density at radius 1 is 0.571 bits per heavy atom. The summed E-state index contributed by atoms with van der Waals surface area (Å²) in [6.45, 7) is 16.7. The van der Waals surface area contributed by atoms with Crippen LogP contribution in [0.3, 0.4) is 0 Å². The monoisotopic (exact) mass is 371 g/mol. The first-order valence-corrected chi connectivity index (χ1v) is 6.92. The molecule has 0 saturated heterocycles. The molecule has 0 heterocycles. The zero-order valence-corrected chi connectivity index (χ0v) is 17.8. The summed E-state index contributed by atoms with van der Waals surface area (Å²) in [6.07, 6.45) is 0. The first-order chi connectivity index (χ1) is 8.50. The third-order valence-corrected chi connectivity index (χ3v) is 0.556. The fourth-order valence-electron chi connectivity index (χ4n) is 0.321. The topological polar surface area (TPSA) is 71.4 Å². The average molecular weight is 373 g/mol. The van der Waals surface area contributed by atoms with E-state index in [0.29, 0.717) is 0 Å². The molecule has 0 saturated carbocycles. The van der Waals surface area contributed by atoms with Gasteiger partial charge in [0.2, 0.25) is 0 Å². The summed E-state index contributed by atoms with van der Waals surface area (Å²) in [5.41, 5.74) is 20.1. The Bertz CT molecular complexity index is 211. The zero-order chi connectivity index (χ0) is 17.0. The van der Waals surface area contributed by atoms with E-state index in [1.165, 1.54) is 0 Å². The van der Waals surface area contributed by atoms with Crippen LogP contribution in [0.2, 0.25) is 0 Å². The normalized spacial score (nSPS) is 10.5. The molecule has 0 atom stereocenters. The standard InChI is InChI=1S/C5H5.3C4H10N.Zr/c1-2-4-5-3-1;3*1-4(2,3)5;/h1-5H;3*5H,1-3H3;/q4*-1;+4. The van der Waals surface area contributed by atoms with Crippen molar-refractivity contribution in [2.75, 3.05) is 0 Å². The molecule has 3 nitrogen and oxygen atoms in total. The second-order valence-corrected chi connectivity index (χ2v) is 7.71. The van der Waals surface area contributed by atoms with Gasteiger partial charge in [0.05, 0.1) is 0 Å². The van der Waals surface area contributed by atoms with Crippen LogP contribution in [0, 0.1) is 0 Å². The fraction of sp³-hybridized carbons (Fsp3) is 0.706. The second kappa shape index (κ2) is 13.8. The molecule has 3 N–H and O–H groups in total. The minimum atomic E-state index is -0.250. The van der Waals surface area contributed by atoms with Crippen LogP contribution in [0.1, 0.15) is 62.3 Å². The maximum absolute atomic E-state index is 6.94. The minimum absolute atomic E-state index is 0. The van der Waals surface area contributed by atoms with Gasteiger partial charge >= 0.3 is 26.2 Å². The van der Waals surface area contributed by atoms with Gasteiger partial charge < -0.3 is 17.2 Å². The zero-order valence-electron chi connectivity index (χ0n) is 15.4. The quantitative estimate of drug-likeness (QED) is 0.444. The molecule has 1 rings (SSSR count). The molecule has 21 heavy (non-hydrogen) atoms. The molecule has 0 radical (unpaired) electrons. The SMILES string of the molecule is CC(C)(C)[NH-].CC(C)(C)[NH-].CC(C)(C)[NH-].[Zr+4].c1cc[cH-]c1. The Morgan fingerprint density at radius 2 is 0.714 bits per heavy atom. The summed E-state index contributed by atoms with van der Waals surface area (Å²) in [5.74, 6) is 0. The van der Waals surface area contributed by atoms with Crippen LogP contribution in [0.15, 0.2) is 30.3 Å². The molecule has 4 heteroatoms. The summed E-state index contributed by atoms with van der Waals surface area (Å²) < 4.78 is 0. The van der Waals surface area contributed by atoms with E-state index in [2.05, 4.69) is 0 Å². The molecule has 1 aromatic rings. The van der Waals surface area contributed by atoms with Crippen molar-refractivity contribution in [2.24, 2.45) is 0 Å². The minimum Gasteiger partial charge on any atom is -0.673 e. The van der Waals surface area contributed by atoms with Crippen molar-refractivity contribution in [3.63, 3.8) is 0 Å². The molecule has 0 aliphatic heterocycles. The third kappa shape index (κ3) is 252. The van der Waals surface area contributed by atoms with Crippen LogP contribution < -0.4 is 0 Å². The van der Waals surface area contributed by atoms with Crippen LogP contribution in [-0.2, 0) is 26.2 Å². The Balaban J connectivity index is -0.0000000903. The molecule has 1 aromatic carbocycles. The van der Waals surface area contributed by atoms with E-state index in [-0.39, 0.29) is 42.8 Å². The van der Waals surface area contributed by atoms with Crippen LogP contribution in [0.4, 0.5) is 0 Å². The fourth-order valence-corrected chi connectivity index (χ4v) is 0.321. The molecular weight excluding hydrogens is 337 g/mol. The molecular formula is C17H35N3Zr. The predicted octanol–water partition coefficient (Wildman–Crippen LogP) is 6.91. The van der Waals surface area contributed by atoms with Crippen molar-refractivity contribution in [3.8, 4) is 0 Å². The molecule has 0 amide bonds. The molecule has 0 aliphatic rings. The first kappa shape index (κ1) is 29.2. The predicted molar refractivity (Wildman–Crippen MR) is 94.3 cm³/mol. The van der Waals surface area contributed by atoms with E-state index in [0.717, 1.165) is 0 Å². The summed E-state index contributed by atoms with van der Waals surface area (Å²) >= 11 is 0. The molecule has 0 bridgehead atoms. The van der Waals surface area contributed by atoms with Crippen molar-refractivity contribution in [2.45, 2.75) is 78.9 Å². The third-order valence-electron chi connectivity index (χ3n) is 0.556. The maximum Gasteiger partial charge on any atom is 4.00 e. The van der Waals surface area contributed by atoms with Crippen molar-refractivity contribution in [3.05, 3.63) is 47.5 Å². The van der Waals surface area contributed by atoms with Crippen LogP contribution in [0.5, 0.6) is 0 Å². The Morgan fingerprint density at radius 3 is 0.762 bits per heavy atom. The average Bonchev–Trinajstić information content (AvgIpc) is 2.45. The van der Waals surface area contributed by atoms with Crippen molar-refractivity contribution >= 4 is 0 Å². The van der Waals surface area contributed by atoms with Gasteiger partial charge in [0.15, 0.2) is 0 Å². The second-order valence-electron chi connectivity index (χ2n) is 7.71.